The van der Waals surface area contributed by atoms with Crippen LogP contribution >= 0.6 is 0 Å². The van der Waals surface area contributed by atoms with Crippen molar-refractivity contribution in [1.82, 2.24) is 20.0 Å². The highest BCUT2D eigenvalue weighted by Crippen LogP contribution is 2.43. The molecule has 1 aromatic heterocycles. The number of hydrogen-bond acceptors (Lipinski definition) is 3. The quantitative estimate of drug-likeness (QED) is 0.847. The van der Waals surface area contributed by atoms with Crippen LogP contribution in [0.5, 0.6) is 0 Å². The minimum Gasteiger partial charge on any atom is -0.314 e. The van der Waals surface area contributed by atoms with E-state index in [-0.39, 0.29) is 0 Å². The van der Waals surface area contributed by atoms with E-state index in [1.165, 1.54) is 18.4 Å². The fourth-order valence-electron chi connectivity index (χ4n) is 3.06. The Labute approximate surface area is 103 Å². The van der Waals surface area contributed by atoms with Crippen molar-refractivity contribution in [3.8, 4) is 0 Å². The van der Waals surface area contributed by atoms with Crippen LogP contribution in [0.4, 0.5) is 0 Å². The number of nitrogens with zero attached hydrogens (tertiary/aromatic N) is 3. The van der Waals surface area contributed by atoms with Crippen LogP contribution in [0.1, 0.15) is 25.3 Å². The summed E-state index contributed by atoms with van der Waals surface area (Å²) >= 11 is 0. The van der Waals surface area contributed by atoms with Crippen LogP contribution in [-0.2, 0) is 13.6 Å². The lowest BCUT2D eigenvalue weighted by molar-refractivity contribution is 0.0484. The van der Waals surface area contributed by atoms with E-state index in [0.29, 0.717) is 5.54 Å². The first-order valence-corrected chi connectivity index (χ1v) is 6.62. The molecule has 4 heteroatoms. The Morgan fingerprint density at radius 1 is 1.53 bits per heavy atom. The van der Waals surface area contributed by atoms with Gasteiger partial charge in [-0.05, 0) is 25.7 Å². The molecule has 1 aromatic rings. The fraction of sp³-hybridized carbons (Fsp3) is 0.769. The van der Waals surface area contributed by atoms with Gasteiger partial charge in [0.2, 0.25) is 0 Å². The highest BCUT2D eigenvalue weighted by atomic mass is 15.3. The standard InChI is InChI=1S/C13H22N4/c1-13(12-3-4-12)10-14-5-6-17(13)9-11-7-15-16(2)8-11/h7-8,12,14H,3-6,9-10H2,1-2H3. The number of piperazine rings is 1. The van der Waals surface area contributed by atoms with Gasteiger partial charge in [0, 0.05) is 50.5 Å². The summed E-state index contributed by atoms with van der Waals surface area (Å²) < 4.78 is 1.89. The van der Waals surface area contributed by atoms with Crippen molar-refractivity contribution in [2.24, 2.45) is 13.0 Å². The normalized spacial score (nSPS) is 30.7. The van der Waals surface area contributed by atoms with E-state index in [1.807, 2.05) is 17.9 Å². The molecule has 1 unspecified atom stereocenters. The van der Waals surface area contributed by atoms with Gasteiger partial charge in [-0.25, -0.2) is 0 Å². The highest BCUT2D eigenvalue weighted by Gasteiger charge is 2.46. The van der Waals surface area contributed by atoms with Gasteiger partial charge in [-0.2, -0.15) is 5.10 Å². The van der Waals surface area contributed by atoms with Gasteiger partial charge in [-0.15, -0.1) is 0 Å². The molecule has 1 aliphatic carbocycles. The minimum absolute atomic E-state index is 0.355. The summed E-state index contributed by atoms with van der Waals surface area (Å²) in [6, 6.07) is 0. The maximum absolute atomic E-state index is 4.26. The first-order chi connectivity index (χ1) is 8.18. The Hall–Kier alpha value is -0.870. The Kier molecular flexibility index (Phi) is 2.71. The molecule has 0 aromatic carbocycles. The molecule has 2 aliphatic rings. The molecule has 1 aliphatic heterocycles. The van der Waals surface area contributed by atoms with Crippen molar-refractivity contribution < 1.29 is 0 Å². The largest absolute Gasteiger partial charge is 0.314 e. The molecule has 4 nitrogen and oxygen atoms in total. The van der Waals surface area contributed by atoms with Gasteiger partial charge in [0.25, 0.3) is 0 Å². The molecule has 3 rings (SSSR count). The molecule has 0 spiro atoms. The van der Waals surface area contributed by atoms with Gasteiger partial charge < -0.3 is 5.32 Å². The highest BCUT2D eigenvalue weighted by molar-refractivity contribution is 5.09. The molecule has 0 bridgehead atoms. The lowest BCUT2D eigenvalue weighted by Gasteiger charge is -2.45. The Bertz CT molecular complexity index is 396. The second-order valence-corrected chi connectivity index (χ2v) is 5.75. The zero-order chi connectivity index (χ0) is 11.9. The van der Waals surface area contributed by atoms with E-state index >= 15 is 0 Å². The lowest BCUT2D eigenvalue weighted by atomic mass is 9.91. The third kappa shape index (κ3) is 2.11. The van der Waals surface area contributed by atoms with Crippen molar-refractivity contribution in [2.75, 3.05) is 19.6 Å². The zero-order valence-electron chi connectivity index (χ0n) is 10.8. The summed E-state index contributed by atoms with van der Waals surface area (Å²) in [7, 11) is 1.99. The molecule has 0 radical (unpaired) electrons. The predicted octanol–water partition coefficient (Wildman–Crippen LogP) is 0.994. The first-order valence-electron chi connectivity index (χ1n) is 6.62. The van der Waals surface area contributed by atoms with E-state index < -0.39 is 0 Å². The number of hydrogen-bond donors (Lipinski definition) is 1. The van der Waals surface area contributed by atoms with Crippen molar-refractivity contribution in [2.45, 2.75) is 31.8 Å². The average Bonchev–Trinajstić information content (AvgIpc) is 3.08. The summed E-state index contributed by atoms with van der Waals surface area (Å²) in [6.45, 7) is 6.87. The van der Waals surface area contributed by atoms with Crippen molar-refractivity contribution in [1.29, 1.82) is 0 Å². The molecule has 2 heterocycles. The van der Waals surface area contributed by atoms with Gasteiger partial charge >= 0.3 is 0 Å². The van der Waals surface area contributed by atoms with Gasteiger partial charge in [0.15, 0.2) is 0 Å². The van der Waals surface area contributed by atoms with Crippen LogP contribution in [0, 0.1) is 5.92 Å². The maximum atomic E-state index is 4.26. The Morgan fingerprint density at radius 3 is 3.00 bits per heavy atom. The average molecular weight is 234 g/mol. The van der Waals surface area contributed by atoms with Crippen LogP contribution < -0.4 is 5.32 Å². The summed E-state index contributed by atoms with van der Waals surface area (Å²) in [4.78, 5) is 2.65. The predicted molar refractivity (Wildman–Crippen MR) is 67.6 cm³/mol. The molecule has 1 N–H and O–H groups in total. The lowest BCUT2D eigenvalue weighted by Crippen LogP contribution is -2.60. The number of aromatic nitrogens is 2. The Balaban J connectivity index is 1.75. The SMILES string of the molecule is Cn1cc(CN2CCNCC2(C)C2CC2)cn1. The topological polar surface area (TPSA) is 33.1 Å². The van der Waals surface area contributed by atoms with Gasteiger partial charge in [-0.3, -0.25) is 9.58 Å². The number of rotatable bonds is 3. The molecule has 1 saturated carbocycles. The fourth-order valence-corrected chi connectivity index (χ4v) is 3.06. The van der Waals surface area contributed by atoms with E-state index in [2.05, 4.69) is 28.4 Å². The summed E-state index contributed by atoms with van der Waals surface area (Å²) in [5.74, 6) is 0.895. The molecule has 94 valence electrons. The van der Waals surface area contributed by atoms with Crippen LogP contribution in [0.3, 0.4) is 0 Å². The van der Waals surface area contributed by atoms with E-state index in [1.54, 1.807) is 0 Å². The van der Waals surface area contributed by atoms with Crippen molar-refractivity contribution >= 4 is 0 Å². The van der Waals surface area contributed by atoms with Crippen LogP contribution in [0.15, 0.2) is 12.4 Å². The Morgan fingerprint density at radius 2 is 2.35 bits per heavy atom. The van der Waals surface area contributed by atoms with Gasteiger partial charge in [-0.1, -0.05) is 0 Å². The molecule has 1 saturated heterocycles. The molecular formula is C13H22N4. The van der Waals surface area contributed by atoms with Crippen LogP contribution in [-0.4, -0.2) is 39.9 Å². The first kappa shape index (κ1) is 11.2. The number of nitrogens with one attached hydrogen (secondary N) is 1. The second kappa shape index (κ2) is 4.10. The maximum Gasteiger partial charge on any atom is 0.0534 e. The van der Waals surface area contributed by atoms with Crippen molar-refractivity contribution in [3.63, 3.8) is 0 Å². The van der Waals surface area contributed by atoms with Crippen molar-refractivity contribution in [3.05, 3.63) is 18.0 Å². The van der Waals surface area contributed by atoms with Gasteiger partial charge in [0.05, 0.1) is 6.20 Å². The number of aryl methyl sites for hydroxylation is 1. The summed E-state index contributed by atoms with van der Waals surface area (Å²) in [5, 5.41) is 7.82. The minimum atomic E-state index is 0.355. The molecule has 2 fully saturated rings. The van der Waals surface area contributed by atoms with Crippen LogP contribution in [0.25, 0.3) is 0 Å². The monoisotopic (exact) mass is 234 g/mol. The zero-order valence-corrected chi connectivity index (χ0v) is 10.8. The van der Waals surface area contributed by atoms with E-state index in [4.69, 9.17) is 0 Å². The molecule has 17 heavy (non-hydrogen) atoms. The van der Waals surface area contributed by atoms with E-state index in [0.717, 1.165) is 32.1 Å². The summed E-state index contributed by atoms with van der Waals surface area (Å²) in [5.41, 5.74) is 1.69. The molecule has 0 amide bonds. The van der Waals surface area contributed by atoms with Crippen LogP contribution in [0.2, 0.25) is 0 Å². The third-order valence-electron chi connectivity index (χ3n) is 4.35. The smallest absolute Gasteiger partial charge is 0.0534 e. The second-order valence-electron chi connectivity index (χ2n) is 5.75. The van der Waals surface area contributed by atoms with Gasteiger partial charge in [0.1, 0.15) is 0 Å². The molecular weight excluding hydrogens is 212 g/mol. The third-order valence-corrected chi connectivity index (χ3v) is 4.35. The summed E-state index contributed by atoms with van der Waals surface area (Å²) in [6.07, 6.45) is 6.94. The molecule has 1 atom stereocenters. The van der Waals surface area contributed by atoms with E-state index in [9.17, 15) is 0 Å².